The predicted molar refractivity (Wildman–Crippen MR) is 115 cm³/mol. The molecular formula is C21H17ClN2OS2. The molecule has 0 spiro atoms. The van der Waals surface area contributed by atoms with Crippen LogP contribution in [0.4, 0.5) is 5.69 Å². The van der Waals surface area contributed by atoms with Gasteiger partial charge in [-0.15, -0.1) is 22.7 Å². The maximum absolute atomic E-state index is 12.4. The molecule has 3 heterocycles. The molecule has 1 fully saturated rings. The average molecular weight is 413 g/mol. The van der Waals surface area contributed by atoms with E-state index < -0.39 is 0 Å². The van der Waals surface area contributed by atoms with Crippen LogP contribution in [-0.4, -0.2) is 37.0 Å². The van der Waals surface area contributed by atoms with Gasteiger partial charge in [0.1, 0.15) is 0 Å². The minimum atomic E-state index is -0.111. The van der Waals surface area contributed by atoms with Gasteiger partial charge in [-0.3, -0.25) is 4.79 Å². The fourth-order valence-corrected chi connectivity index (χ4v) is 4.96. The van der Waals surface area contributed by atoms with Crippen molar-refractivity contribution in [1.82, 2.24) is 4.90 Å². The zero-order chi connectivity index (χ0) is 18.6. The summed E-state index contributed by atoms with van der Waals surface area (Å²) in [6, 6.07) is 16.0. The zero-order valence-electron chi connectivity index (χ0n) is 14.5. The predicted octanol–water partition coefficient (Wildman–Crippen LogP) is 4.83. The summed E-state index contributed by atoms with van der Waals surface area (Å²) in [6.07, 6.45) is 0. The highest BCUT2D eigenvalue weighted by atomic mass is 35.5. The number of amides is 1. The molecule has 0 radical (unpaired) electrons. The van der Waals surface area contributed by atoms with Crippen molar-refractivity contribution in [3.05, 3.63) is 63.8 Å². The van der Waals surface area contributed by atoms with Gasteiger partial charge in [0, 0.05) is 41.9 Å². The highest BCUT2D eigenvalue weighted by molar-refractivity contribution is 7.21. The summed E-state index contributed by atoms with van der Waals surface area (Å²) < 4.78 is 0. The number of carbonyl (C=O) groups is 1. The van der Waals surface area contributed by atoms with Crippen LogP contribution in [0, 0.1) is 11.8 Å². The summed E-state index contributed by atoms with van der Waals surface area (Å²) in [7, 11) is 0. The lowest BCUT2D eigenvalue weighted by molar-refractivity contribution is -0.125. The normalized spacial score (nSPS) is 14.0. The first-order chi connectivity index (χ1) is 13.2. The van der Waals surface area contributed by atoms with E-state index in [9.17, 15) is 4.79 Å². The Bertz CT molecular complexity index is 993. The van der Waals surface area contributed by atoms with Gasteiger partial charge in [-0.2, -0.15) is 0 Å². The molecule has 3 nitrogen and oxygen atoms in total. The molecule has 6 heteroatoms. The van der Waals surface area contributed by atoms with Gasteiger partial charge >= 0.3 is 0 Å². The van der Waals surface area contributed by atoms with E-state index in [1.807, 2.05) is 41.3 Å². The van der Waals surface area contributed by atoms with Crippen LogP contribution in [0.3, 0.4) is 0 Å². The molecule has 1 aliphatic rings. The van der Waals surface area contributed by atoms with Crippen molar-refractivity contribution in [2.24, 2.45) is 0 Å². The SMILES string of the molecule is O=C(C#Cc1ccc(-c2cccs2)s1)N1CCN(c2ccccc2Cl)CC1. The van der Waals surface area contributed by atoms with Gasteiger partial charge < -0.3 is 9.80 Å². The number of thiophene rings is 2. The largest absolute Gasteiger partial charge is 0.367 e. The van der Waals surface area contributed by atoms with Gasteiger partial charge in [0.25, 0.3) is 5.91 Å². The van der Waals surface area contributed by atoms with Crippen LogP contribution in [0.5, 0.6) is 0 Å². The fourth-order valence-electron chi connectivity index (χ4n) is 3.01. The van der Waals surface area contributed by atoms with Gasteiger partial charge in [-0.1, -0.05) is 29.8 Å². The Morgan fingerprint density at radius 1 is 0.963 bits per heavy atom. The first kappa shape index (κ1) is 18.1. The summed E-state index contributed by atoms with van der Waals surface area (Å²) in [5.41, 5.74) is 1.03. The second kappa shape index (κ2) is 8.18. The van der Waals surface area contributed by atoms with Crippen LogP contribution in [0.1, 0.15) is 4.88 Å². The third kappa shape index (κ3) is 4.19. The highest BCUT2D eigenvalue weighted by Crippen LogP contribution is 2.31. The van der Waals surface area contributed by atoms with Crippen molar-refractivity contribution in [2.45, 2.75) is 0 Å². The van der Waals surface area contributed by atoms with E-state index in [-0.39, 0.29) is 5.91 Å². The van der Waals surface area contributed by atoms with Crippen molar-refractivity contribution in [1.29, 1.82) is 0 Å². The number of hydrogen-bond donors (Lipinski definition) is 0. The minimum absolute atomic E-state index is 0.111. The van der Waals surface area contributed by atoms with Crippen molar-refractivity contribution in [3.63, 3.8) is 0 Å². The van der Waals surface area contributed by atoms with Crippen molar-refractivity contribution in [3.8, 4) is 21.6 Å². The standard InChI is InChI=1S/C21H17ClN2OS2/c22-17-4-1-2-5-18(17)23-11-13-24(14-12-23)21(25)10-8-16-7-9-20(27-16)19-6-3-15-26-19/h1-7,9,15H,11-14H2. The molecule has 0 saturated carbocycles. The van der Waals surface area contributed by atoms with E-state index in [1.54, 1.807) is 22.7 Å². The number of hydrogen-bond acceptors (Lipinski definition) is 4. The molecule has 4 rings (SSSR count). The number of piperazine rings is 1. The number of carbonyl (C=O) groups excluding carboxylic acids is 1. The molecule has 1 aliphatic heterocycles. The van der Waals surface area contributed by atoms with E-state index in [4.69, 9.17) is 11.6 Å². The second-order valence-corrected chi connectivity index (χ2v) is 8.56. The smallest absolute Gasteiger partial charge is 0.298 e. The van der Waals surface area contributed by atoms with E-state index in [1.165, 1.54) is 9.75 Å². The van der Waals surface area contributed by atoms with Crippen LogP contribution in [0.2, 0.25) is 5.02 Å². The number of anilines is 1. The van der Waals surface area contributed by atoms with Crippen LogP contribution in [0.15, 0.2) is 53.9 Å². The first-order valence-electron chi connectivity index (χ1n) is 8.65. The van der Waals surface area contributed by atoms with E-state index in [2.05, 4.69) is 34.3 Å². The lowest BCUT2D eigenvalue weighted by atomic mass is 10.2. The minimum Gasteiger partial charge on any atom is -0.367 e. The van der Waals surface area contributed by atoms with Crippen LogP contribution in [0.25, 0.3) is 9.75 Å². The summed E-state index contributed by atoms with van der Waals surface area (Å²) in [4.78, 5) is 19.8. The molecule has 136 valence electrons. The number of halogens is 1. The monoisotopic (exact) mass is 412 g/mol. The molecule has 1 saturated heterocycles. The van der Waals surface area contributed by atoms with E-state index in [0.29, 0.717) is 13.1 Å². The number of rotatable bonds is 2. The molecule has 1 amide bonds. The Balaban J connectivity index is 1.37. The topological polar surface area (TPSA) is 23.6 Å². The van der Waals surface area contributed by atoms with Crippen molar-refractivity contribution in [2.75, 3.05) is 31.1 Å². The van der Waals surface area contributed by atoms with Crippen LogP contribution in [-0.2, 0) is 4.79 Å². The summed E-state index contributed by atoms with van der Waals surface area (Å²) in [5.74, 6) is 5.71. The molecule has 0 bridgehead atoms. The lowest BCUT2D eigenvalue weighted by Gasteiger charge is -2.35. The van der Waals surface area contributed by atoms with Gasteiger partial charge in [0.05, 0.1) is 15.6 Å². The molecule has 0 atom stereocenters. The number of para-hydroxylation sites is 1. The third-order valence-electron chi connectivity index (χ3n) is 4.42. The summed E-state index contributed by atoms with van der Waals surface area (Å²) in [6.45, 7) is 2.84. The lowest BCUT2D eigenvalue weighted by Crippen LogP contribution is -2.48. The van der Waals surface area contributed by atoms with Gasteiger partial charge in [-0.05, 0) is 41.6 Å². The molecule has 0 aliphatic carbocycles. The van der Waals surface area contributed by atoms with E-state index in [0.717, 1.165) is 28.7 Å². The molecule has 0 N–H and O–H groups in total. The Hall–Kier alpha value is -2.26. The Labute approximate surface area is 171 Å². The Morgan fingerprint density at radius 2 is 1.78 bits per heavy atom. The first-order valence-corrected chi connectivity index (χ1v) is 10.7. The quantitative estimate of drug-likeness (QED) is 0.563. The maximum atomic E-state index is 12.4. The molecule has 27 heavy (non-hydrogen) atoms. The molecule has 3 aromatic rings. The molecular weight excluding hydrogens is 396 g/mol. The summed E-state index contributed by atoms with van der Waals surface area (Å²) >= 11 is 9.60. The zero-order valence-corrected chi connectivity index (χ0v) is 16.9. The average Bonchev–Trinajstić information content (AvgIpc) is 3.38. The van der Waals surface area contributed by atoms with Crippen molar-refractivity contribution >= 4 is 45.9 Å². The maximum Gasteiger partial charge on any atom is 0.298 e. The molecule has 1 aromatic carbocycles. The molecule has 0 unspecified atom stereocenters. The second-order valence-electron chi connectivity index (χ2n) is 6.12. The van der Waals surface area contributed by atoms with Crippen LogP contribution >= 0.6 is 34.3 Å². The van der Waals surface area contributed by atoms with Gasteiger partial charge in [0.15, 0.2) is 0 Å². The highest BCUT2D eigenvalue weighted by Gasteiger charge is 2.21. The number of nitrogens with zero attached hydrogens (tertiary/aromatic N) is 2. The molecule has 2 aromatic heterocycles. The van der Waals surface area contributed by atoms with Gasteiger partial charge in [-0.25, -0.2) is 0 Å². The Kier molecular flexibility index (Phi) is 5.49. The van der Waals surface area contributed by atoms with E-state index >= 15 is 0 Å². The summed E-state index contributed by atoms with van der Waals surface area (Å²) in [5, 5.41) is 2.81. The van der Waals surface area contributed by atoms with Crippen molar-refractivity contribution < 1.29 is 4.79 Å². The van der Waals surface area contributed by atoms with Gasteiger partial charge in [0.2, 0.25) is 0 Å². The Morgan fingerprint density at radius 3 is 2.52 bits per heavy atom. The fraction of sp³-hybridized carbons (Fsp3) is 0.190. The van der Waals surface area contributed by atoms with Crippen LogP contribution < -0.4 is 4.90 Å². The number of benzene rings is 1. The third-order valence-corrected chi connectivity index (χ3v) is 6.81.